The summed E-state index contributed by atoms with van der Waals surface area (Å²) in [5.74, 6) is 1.17. The number of nitrogens with zero attached hydrogens (tertiary/aromatic N) is 5. The van der Waals surface area contributed by atoms with Gasteiger partial charge < -0.3 is 15.8 Å². The number of halogens is 1. The highest BCUT2D eigenvalue weighted by atomic mass is 32.1. The van der Waals surface area contributed by atoms with Gasteiger partial charge in [0.2, 0.25) is 0 Å². The van der Waals surface area contributed by atoms with E-state index >= 15 is 0 Å². The zero-order valence-corrected chi connectivity index (χ0v) is 22.3. The standard InChI is InChI=1S/C25H26FN7OS.C2H6/c1-28-10-16(9-27)15-5-21-24(22(6-15)34-19-7-17(26)11-33(2)12-19)25(30-13-29-21)32-18-3-4-20-23(8-18)35-14-31-20;1-2/h3-6,8-10,13-14,17,19H,7,11-12,27H2,1-2H3,(H,29,30,32);1-2H3/b16-9+,28-10?;. The Balaban J connectivity index is 0.00000156. The van der Waals surface area contributed by atoms with Crippen molar-refractivity contribution in [3.63, 3.8) is 0 Å². The van der Waals surface area contributed by atoms with Crippen molar-refractivity contribution in [3.05, 3.63) is 53.9 Å². The van der Waals surface area contributed by atoms with E-state index in [-0.39, 0.29) is 6.10 Å². The lowest BCUT2D eigenvalue weighted by Gasteiger charge is -2.32. The first-order valence-corrected chi connectivity index (χ1v) is 13.1. The first kappa shape index (κ1) is 26.4. The van der Waals surface area contributed by atoms with Crippen molar-refractivity contribution < 1.29 is 9.13 Å². The lowest BCUT2D eigenvalue weighted by molar-refractivity contribution is 0.0544. The van der Waals surface area contributed by atoms with E-state index in [2.05, 4.69) is 25.3 Å². The first-order chi connectivity index (χ1) is 18.0. The Labute approximate surface area is 220 Å². The van der Waals surface area contributed by atoms with Crippen LogP contribution in [0.15, 0.2) is 53.4 Å². The third-order valence-electron chi connectivity index (χ3n) is 5.91. The molecule has 2 unspecified atom stereocenters. The maximum absolute atomic E-state index is 14.3. The molecule has 5 rings (SSSR count). The Morgan fingerprint density at radius 3 is 2.78 bits per heavy atom. The first-order valence-electron chi connectivity index (χ1n) is 12.3. The molecule has 0 bridgehead atoms. The van der Waals surface area contributed by atoms with Crippen LogP contribution in [0.4, 0.5) is 15.9 Å². The van der Waals surface area contributed by atoms with E-state index in [1.807, 2.05) is 61.6 Å². The van der Waals surface area contributed by atoms with Crippen LogP contribution in [0, 0.1) is 0 Å². The molecule has 1 aliphatic rings. The van der Waals surface area contributed by atoms with Crippen molar-refractivity contribution >= 4 is 55.7 Å². The van der Waals surface area contributed by atoms with Crippen LogP contribution in [0.3, 0.4) is 0 Å². The highest BCUT2D eigenvalue weighted by Crippen LogP contribution is 2.36. The Bertz CT molecular complexity index is 1410. The maximum Gasteiger partial charge on any atom is 0.145 e. The van der Waals surface area contributed by atoms with Crippen LogP contribution in [0.5, 0.6) is 5.75 Å². The number of fused-ring (bicyclic) bond motifs is 2. The molecule has 0 saturated carbocycles. The second-order valence-electron chi connectivity index (χ2n) is 8.55. The van der Waals surface area contributed by atoms with Gasteiger partial charge in [0.1, 0.15) is 30.2 Å². The van der Waals surface area contributed by atoms with Crippen molar-refractivity contribution in [1.82, 2.24) is 19.9 Å². The second-order valence-corrected chi connectivity index (χ2v) is 9.44. The van der Waals surface area contributed by atoms with Crippen LogP contribution >= 0.6 is 11.3 Å². The van der Waals surface area contributed by atoms with Crippen molar-refractivity contribution in [2.24, 2.45) is 10.7 Å². The van der Waals surface area contributed by atoms with Crippen LogP contribution < -0.4 is 15.8 Å². The highest BCUT2D eigenvalue weighted by Gasteiger charge is 2.27. The summed E-state index contributed by atoms with van der Waals surface area (Å²) in [4.78, 5) is 19.4. The number of rotatable bonds is 6. The molecule has 4 aromatic rings. The van der Waals surface area contributed by atoms with Gasteiger partial charge in [-0.25, -0.2) is 19.3 Å². The van der Waals surface area contributed by atoms with E-state index in [1.165, 1.54) is 12.5 Å². The fraction of sp³-hybridized carbons (Fsp3) is 0.333. The number of thiazole rings is 1. The predicted octanol–water partition coefficient (Wildman–Crippen LogP) is 5.43. The van der Waals surface area contributed by atoms with Gasteiger partial charge >= 0.3 is 0 Å². The SMILES string of the molecule is CC.CN=C/C(=C\N)c1cc(OC2CC(F)CN(C)C2)c2c(Nc3ccc4ncsc4c3)ncnc2c1. The summed E-state index contributed by atoms with van der Waals surface area (Å²) in [6.45, 7) is 5.03. The molecule has 1 aliphatic heterocycles. The Kier molecular flexibility index (Phi) is 8.62. The number of ether oxygens (including phenoxy) is 1. The molecule has 0 amide bonds. The van der Waals surface area contributed by atoms with E-state index in [1.54, 1.807) is 24.6 Å². The molecule has 1 fully saturated rings. The number of benzene rings is 2. The smallest absolute Gasteiger partial charge is 0.145 e. The van der Waals surface area contributed by atoms with E-state index in [4.69, 9.17) is 10.5 Å². The Morgan fingerprint density at radius 1 is 1.19 bits per heavy atom. The fourth-order valence-electron chi connectivity index (χ4n) is 4.39. The average Bonchev–Trinajstić information content (AvgIpc) is 3.36. The number of anilines is 2. The van der Waals surface area contributed by atoms with Gasteiger partial charge in [-0.15, -0.1) is 11.3 Å². The number of likely N-dealkylation sites (N-methyl/N-ethyl adjacent to an activating group) is 1. The van der Waals surface area contributed by atoms with E-state index in [0.29, 0.717) is 42.0 Å². The molecule has 8 nitrogen and oxygen atoms in total. The summed E-state index contributed by atoms with van der Waals surface area (Å²) < 4.78 is 21.8. The summed E-state index contributed by atoms with van der Waals surface area (Å²) in [7, 11) is 3.58. The molecule has 0 aliphatic carbocycles. The van der Waals surface area contributed by atoms with Gasteiger partial charge in [0.05, 0.1) is 26.6 Å². The lowest BCUT2D eigenvalue weighted by atomic mass is 10.0. The summed E-state index contributed by atoms with van der Waals surface area (Å²) in [6, 6.07) is 9.78. The predicted molar refractivity (Wildman–Crippen MR) is 152 cm³/mol. The Hall–Kier alpha value is -3.63. The number of allylic oxidation sites excluding steroid dienone is 1. The van der Waals surface area contributed by atoms with Crippen LogP contribution in [0.2, 0.25) is 0 Å². The molecular formula is C27H32FN7OS. The zero-order chi connectivity index (χ0) is 26.4. The van der Waals surface area contributed by atoms with Crippen LogP contribution in [-0.2, 0) is 0 Å². The molecule has 0 spiro atoms. The van der Waals surface area contributed by atoms with Crippen molar-refractivity contribution in [3.8, 4) is 5.75 Å². The largest absolute Gasteiger partial charge is 0.488 e. The van der Waals surface area contributed by atoms with Gasteiger partial charge in [0, 0.05) is 50.2 Å². The monoisotopic (exact) mass is 521 g/mol. The molecular weight excluding hydrogens is 489 g/mol. The third kappa shape index (κ3) is 6.03. The van der Waals surface area contributed by atoms with Crippen molar-refractivity contribution in [2.75, 3.05) is 32.5 Å². The van der Waals surface area contributed by atoms with E-state index in [0.717, 1.165) is 27.0 Å². The number of piperidine rings is 1. The second kappa shape index (κ2) is 12.1. The summed E-state index contributed by atoms with van der Waals surface area (Å²) in [6.07, 6.45) is 3.75. The number of aromatic nitrogens is 3. The van der Waals surface area contributed by atoms with Gasteiger partial charge in [0.25, 0.3) is 0 Å². The number of hydrogen-bond acceptors (Lipinski definition) is 9. The molecule has 2 atom stereocenters. The molecule has 1 saturated heterocycles. The number of likely N-dealkylation sites (tertiary alicyclic amines) is 1. The summed E-state index contributed by atoms with van der Waals surface area (Å²) in [5.41, 5.74) is 11.7. The van der Waals surface area contributed by atoms with Gasteiger partial charge in [-0.05, 0) is 42.9 Å². The van der Waals surface area contributed by atoms with Crippen molar-refractivity contribution in [2.45, 2.75) is 32.5 Å². The van der Waals surface area contributed by atoms with Gasteiger partial charge in [-0.3, -0.25) is 9.89 Å². The minimum absolute atomic E-state index is 0.311. The molecule has 3 heterocycles. The fourth-order valence-corrected chi connectivity index (χ4v) is 5.11. The van der Waals surface area contributed by atoms with E-state index in [9.17, 15) is 4.39 Å². The Morgan fingerprint density at radius 2 is 2.03 bits per heavy atom. The maximum atomic E-state index is 14.3. The number of nitrogens with two attached hydrogens (primary N) is 1. The average molecular weight is 522 g/mol. The third-order valence-corrected chi connectivity index (χ3v) is 6.71. The normalized spacial score (nSPS) is 18.7. The van der Waals surface area contributed by atoms with Crippen LogP contribution in [-0.4, -0.2) is 65.5 Å². The minimum Gasteiger partial charge on any atom is -0.488 e. The number of hydrogen-bond donors (Lipinski definition) is 2. The zero-order valence-electron chi connectivity index (χ0n) is 21.5. The summed E-state index contributed by atoms with van der Waals surface area (Å²) in [5, 5.41) is 4.13. The van der Waals surface area contributed by atoms with Crippen molar-refractivity contribution in [1.29, 1.82) is 0 Å². The lowest BCUT2D eigenvalue weighted by Crippen LogP contribution is -2.44. The highest BCUT2D eigenvalue weighted by molar-refractivity contribution is 7.16. The molecule has 0 radical (unpaired) electrons. The molecule has 10 heteroatoms. The van der Waals surface area contributed by atoms with Gasteiger partial charge in [-0.1, -0.05) is 13.8 Å². The molecule has 37 heavy (non-hydrogen) atoms. The topological polar surface area (TPSA) is 102 Å². The van der Waals surface area contributed by atoms with Gasteiger partial charge in [0.15, 0.2) is 0 Å². The number of nitrogens with one attached hydrogen (secondary N) is 1. The molecule has 2 aromatic heterocycles. The molecule has 194 valence electrons. The van der Waals surface area contributed by atoms with E-state index < -0.39 is 6.17 Å². The number of alkyl halides is 1. The van der Waals surface area contributed by atoms with Crippen LogP contribution in [0.1, 0.15) is 25.8 Å². The van der Waals surface area contributed by atoms with Gasteiger partial charge in [-0.2, -0.15) is 0 Å². The number of aliphatic imine (C=N–C) groups is 1. The minimum atomic E-state index is -0.945. The quantitative estimate of drug-likeness (QED) is 0.326. The van der Waals surface area contributed by atoms with Crippen LogP contribution in [0.25, 0.3) is 26.7 Å². The summed E-state index contributed by atoms with van der Waals surface area (Å²) >= 11 is 1.58. The molecule has 3 N–H and O–H groups in total. The molecule has 2 aromatic carbocycles.